The maximum absolute atomic E-state index is 13.8. The lowest BCUT2D eigenvalue weighted by Gasteiger charge is -2.32. The maximum atomic E-state index is 13.8. The normalized spacial score (nSPS) is 31.1. The Bertz CT molecular complexity index is 486. The first-order valence-corrected chi connectivity index (χ1v) is 7.03. The van der Waals surface area contributed by atoms with Crippen LogP contribution in [0.3, 0.4) is 0 Å². The molecule has 0 saturated heterocycles. The van der Waals surface area contributed by atoms with Crippen molar-refractivity contribution in [2.45, 2.75) is 51.4 Å². The van der Waals surface area contributed by atoms with Crippen molar-refractivity contribution < 1.29 is 27.1 Å². The zero-order valence-corrected chi connectivity index (χ0v) is 12.0. The van der Waals surface area contributed by atoms with Crippen LogP contribution < -0.4 is 0 Å². The molecule has 0 spiro atoms. The number of alkyl halides is 4. The van der Waals surface area contributed by atoms with E-state index in [1.54, 1.807) is 0 Å². The van der Waals surface area contributed by atoms with E-state index in [0.717, 1.165) is 31.9 Å². The van der Waals surface area contributed by atoms with Gasteiger partial charge in [0.25, 0.3) is 0 Å². The second-order valence-corrected chi connectivity index (χ2v) is 5.91. The molecule has 0 N–H and O–H groups in total. The zero-order valence-electron chi connectivity index (χ0n) is 12.0. The van der Waals surface area contributed by atoms with E-state index in [1.807, 2.05) is 6.92 Å². The summed E-state index contributed by atoms with van der Waals surface area (Å²) in [6, 6.07) is 0. The third-order valence-corrected chi connectivity index (χ3v) is 4.24. The molecule has 0 bridgehead atoms. The topological polar surface area (TPSA) is 26.3 Å². The van der Waals surface area contributed by atoms with Gasteiger partial charge in [-0.15, -0.1) is 0 Å². The molecule has 0 aromatic rings. The quantitative estimate of drug-likeness (QED) is 0.556. The van der Waals surface area contributed by atoms with E-state index in [-0.39, 0.29) is 0 Å². The molecule has 2 aliphatic carbocycles. The number of carbonyl (C=O) groups excluding carboxylic acids is 1. The highest BCUT2D eigenvalue weighted by atomic mass is 19.3. The minimum atomic E-state index is -4.50. The SMILES string of the molecule is CC1=CC=C(OC(=O)C2CCC(C)CC2)C(F)(F)C1(F)F. The minimum Gasteiger partial charge on any atom is -0.424 e. The summed E-state index contributed by atoms with van der Waals surface area (Å²) in [6.45, 7) is 2.97. The van der Waals surface area contributed by atoms with Crippen LogP contribution in [0.5, 0.6) is 0 Å². The van der Waals surface area contributed by atoms with E-state index < -0.39 is 35.1 Å². The lowest BCUT2D eigenvalue weighted by Crippen LogP contribution is -2.46. The fourth-order valence-corrected chi connectivity index (χ4v) is 2.60. The number of hydrogen-bond acceptors (Lipinski definition) is 2. The molecule has 0 unspecified atom stereocenters. The second kappa shape index (κ2) is 5.46. The van der Waals surface area contributed by atoms with E-state index in [2.05, 4.69) is 4.74 Å². The van der Waals surface area contributed by atoms with Gasteiger partial charge in [-0.05, 0) is 44.6 Å². The van der Waals surface area contributed by atoms with Crippen molar-refractivity contribution in [2.24, 2.45) is 11.8 Å². The highest BCUT2D eigenvalue weighted by molar-refractivity contribution is 5.74. The van der Waals surface area contributed by atoms with Gasteiger partial charge in [0.1, 0.15) is 0 Å². The number of carbonyl (C=O) groups is 1. The maximum Gasteiger partial charge on any atom is 0.370 e. The number of rotatable bonds is 2. The number of hydrogen-bond donors (Lipinski definition) is 0. The van der Waals surface area contributed by atoms with Crippen LogP contribution >= 0.6 is 0 Å². The van der Waals surface area contributed by atoms with Gasteiger partial charge in [0.15, 0.2) is 5.76 Å². The fourth-order valence-electron chi connectivity index (χ4n) is 2.60. The van der Waals surface area contributed by atoms with Crippen LogP contribution in [0.1, 0.15) is 39.5 Å². The molecule has 0 amide bonds. The van der Waals surface area contributed by atoms with Gasteiger partial charge in [-0.25, -0.2) is 0 Å². The van der Waals surface area contributed by atoms with Crippen molar-refractivity contribution in [3.05, 3.63) is 23.5 Å². The monoisotopic (exact) mass is 306 g/mol. The van der Waals surface area contributed by atoms with E-state index in [0.29, 0.717) is 18.8 Å². The van der Waals surface area contributed by atoms with Gasteiger partial charge >= 0.3 is 17.8 Å². The van der Waals surface area contributed by atoms with Gasteiger partial charge in [0.2, 0.25) is 0 Å². The predicted octanol–water partition coefficient (Wildman–Crippen LogP) is 4.47. The Morgan fingerprint density at radius 1 is 1.10 bits per heavy atom. The van der Waals surface area contributed by atoms with Crippen molar-refractivity contribution in [3.8, 4) is 0 Å². The van der Waals surface area contributed by atoms with E-state index >= 15 is 0 Å². The highest BCUT2D eigenvalue weighted by Crippen LogP contribution is 2.47. The first kappa shape index (κ1) is 16.0. The molecule has 0 aliphatic heterocycles. The average Bonchev–Trinajstić information content (AvgIpc) is 2.41. The van der Waals surface area contributed by atoms with E-state index in [4.69, 9.17) is 0 Å². The summed E-state index contributed by atoms with van der Waals surface area (Å²) in [5.41, 5.74) is -0.751. The lowest BCUT2D eigenvalue weighted by atomic mass is 9.83. The highest BCUT2D eigenvalue weighted by Gasteiger charge is 2.62. The largest absolute Gasteiger partial charge is 0.424 e. The van der Waals surface area contributed by atoms with Crippen LogP contribution in [0.25, 0.3) is 0 Å². The van der Waals surface area contributed by atoms with Gasteiger partial charge in [-0.3, -0.25) is 4.79 Å². The van der Waals surface area contributed by atoms with Crippen molar-refractivity contribution in [1.29, 1.82) is 0 Å². The molecule has 2 nitrogen and oxygen atoms in total. The summed E-state index contributed by atoms with van der Waals surface area (Å²) < 4.78 is 59.2. The summed E-state index contributed by atoms with van der Waals surface area (Å²) in [6.07, 6.45) is 4.34. The third-order valence-electron chi connectivity index (χ3n) is 4.24. The average molecular weight is 306 g/mol. The molecule has 2 aliphatic rings. The van der Waals surface area contributed by atoms with Crippen LogP contribution in [0.4, 0.5) is 17.6 Å². The standard InChI is InChI=1S/C15H18F4O2/c1-9-3-6-11(7-4-9)13(20)21-12-8-5-10(2)14(16,17)15(12,18)19/h5,8-9,11H,3-4,6-7H2,1-2H3. The smallest absolute Gasteiger partial charge is 0.370 e. The molecule has 1 fully saturated rings. The van der Waals surface area contributed by atoms with Crippen LogP contribution in [0.2, 0.25) is 0 Å². The van der Waals surface area contributed by atoms with Crippen LogP contribution in [0.15, 0.2) is 23.5 Å². The fraction of sp³-hybridized carbons (Fsp3) is 0.667. The molecule has 0 heterocycles. The molecular formula is C15H18F4O2. The van der Waals surface area contributed by atoms with Crippen molar-refractivity contribution in [3.63, 3.8) is 0 Å². The number of esters is 1. The van der Waals surface area contributed by atoms with E-state index in [1.165, 1.54) is 0 Å². The molecule has 21 heavy (non-hydrogen) atoms. The van der Waals surface area contributed by atoms with E-state index in [9.17, 15) is 22.4 Å². The molecule has 0 atom stereocenters. The van der Waals surface area contributed by atoms with Crippen LogP contribution in [-0.2, 0) is 9.53 Å². The van der Waals surface area contributed by atoms with Crippen molar-refractivity contribution in [2.75, 3.05) is 0 Å². The Morgan fingerprint density at radius 2 is 1.67 bits per heavy atom. The molecule has 1 saturated carbocycles. The first-order valence-electron chi connectivity index (χ1n) is 7.03. The summed E-state index contributed by atoms with van der Waals surface area (Å²) >= 11 is 0. The summed E-state index contributed by atoms with van der Waals surface area (Å²) in [5.74, 6) is -10.9. The molecule has 0 aromatic carbocycles. The molecule has 6 heteroatoms. The molecular weight excluding hydrogens is 288 g/mol. The Labute approximate surface area is 120 Å². The molecule has 0 aromatic heterocycles. The second-order valence-electron chi connectivity index (χ2n) is 5.91. The van der Waals surface area contributed by atoms with Gasteiger partial charge in [-0.1, -0.05) is 13.0 Å². The Balaban J connectivity index is 2.10. The Hall–Kier alpha value is -1.33. The van der Waals surface area contributed by atoms with Gasteiger partial charge < -0.3 is 4.74 Å². The van der Waals surface area contributed by atoms with Gasteiger partial charge in [-0.2, -0.15) is 17.6 Å². The first-order chi connectivity index (χ1) is 9.66. The third kappa shape index (κ3) is 2.85. The Morgan fingerprint density at radius 3 is 2.24 bits per heavy atom. The zero-order chi connectivity index (χ0) is 15.8. The van der Waals surface area contributed by atoms with Crippen LogP contribution in [0, 0.1) is 11.8 Å². The molecule has 118 valence electrons. The molecule has 2 rings (SSSR count). The van der Waals surface area contributed by atoms with Gasteiger partial charge in [0, 0.05) is 5.57 Å². The van der Waals surface area contributed by atoms with Crippen molar-refractivity contribution in [1.82, 2.24) is 0 Å². The lowest BCUT2D eigenvalue weighted by molar-refractivity contribution is -0.191. The summed E-state index contributed by atoms with van der Waals surface area (Å²) in [7, 11) is 0. The van der Waals surface area contributed by atoms with Crippen molar-refractivity contribution >= 4 is 5.97 Å². The summed E-state index contributed by atoms with van der Waals surface area (Å²) in [4.78, 5) is 11.9. The molecule has 0 radical (unpaired) electrons. The minimum absolute atomic E-state index is 0.485. The number of ether oxygens (including phenoxy) is 1. The Kier molecular flexibility index (Phi) is 4.17. The van der Waals surface area contributed by atoms with Crippen LogP contribution in [-0.4, -0.2) is 17.8 Å². The predicted molar refractivity (Wildman–Crippen MR) is 68.9 cm³/mol. The summed E-state index contributed by atoms with van der Waals surface area (Å²) in [5, 5.41) is 0. The van der Waals surface area contributed by atoms with Gasteiger partial charge in [0.05, 0.1) is 5.92 Å². The number of allylic oxidation sites excluding steroid dienone is 4. The number of halogens is 4.